The molecule has 0 unspecified atom stereocenters. The van der Waals surface area contributed by atoms with Crippen LogP contribution in [0.3, 0.4) is 0 Å². The van der Waals surface area contributed by atoms with Crippen molar-refractivity contribution in [2.24, 2.45) is 0 Å². The van der Waals surface area contributed by atoms with Crippen molar-refractivity contribution >= 4 is 0 Å². The average Bonchev–Trinajstić information content (AvgIpc) is 2.39. The van der Waals surface area contributed by atoms with Crippen molar-refractivity contribution in [2.75, 3.05) is 6.86 Å². The number of pyridine rings is 1. The van der Waals surface area contributed by atoms with Crippen molar-refractivity contribution in [3.63, 3.8) is 0 Å². The van der Waals surface area contributed by atoms with Gasteiger partial charge in [-0.2, -0.15) is 13.2 Å². The van der Waals surface area contributed by atoms with Crippen molar-refractivity contribution < 1.29 is 22.3 Å². The molecule has 0 saturated carbocycles. The fourth-order valence-corrected chi connectivity index (χ4v) is 1.89. The lowest BCUT2D eigenvalue weighted by atomic mass is 10.1. The van der Waals surface area contributed by atoms with Gasteiger partial charge in [0.15, 0.2) is 0 Å². The number of aryl methyl sites for hydroxylation is 1. The van der Waals surface area contributed by atoms with Crippen molar-refractivity contribution in [3.8, 4) is 11.4 Å². The lowest BCUT2D eigenvalue weighted by Gasteiger charge is -2.13. The first-order chi connectivity index (χ1) is 9.82. The maximum absolute atomic E-state index is 12.9. The number of nitrogens with zero attached hydrogens (tertiary/aromatic N) is 1. The minimum absolute atomic E-state index is 0.138. The summed E-state index contributed by atoms with van der Waals surface area (Å²) in [5.41, 5.74) is -1.37. The zero-order valence-corrected chi connectivity index (χ0v) is 10.9. The van der Waals surface area contributed by atoms with E-state index >= 15 is 0 Å². The third-order valence-electron chi connectivity index (χ3n) is 2.90. The molecule has 21 heavy (non-hydrogen) atoms. The van der Waals surface area contributed by atoms with Crippen LogP contribution >= 0.6 is 0 Å². The van der Waals surface area contributed by atoms with E-state index in [4.69, 9.17) is 0 Å². The summed E-state index contributed by atoms with van der Waals surface area (Å²) >= 11 is 0. The predicted molar refractivity (Wildman–Crippen MR) is 68.4 cm³/mol. The summed E-state index contributed by atoms with van der Waals surface area (Å²) in [6.07, 6.45) is -3.79. The van der Waals surface area contributed by atoms with Gasteiger partial charge in [0.25, 0.3) is 5.56 Å². The van der Waals surface area contributed by atoms with Crippen LogP contribution in [0.5, 0.6) is 5.75 Å². The van der Waals surface area contributed by atoms with Crippen molar-refractivity contribution in [2.45, 2.75) is 13.1 Å². The third kappa shape index (κ3) is 3.24. The molecule has 2 aromatic rings. The fourth-order valence-electron chi connectivity index (χ4n) is 1.89. The maximum Gasteiger partial charge on any atom is 0.418 e. The van der Waals surface area contributed by atoms with Crippen LogP contribution in [0.2, 0.25) is 0 Å². The van der Waals surface area contributed by atoms with Crippen molar-refractivity contribution in [3.05, 3.63) is 58.0 Å². The molecule has 0 aliphatic carbocycles. The van der Waals surface area contributed by atoms with E-state index in [2.05, 4.69) is 4.74 Å². The van der Waals surface area contributed by atoms with Crippen LogP contribution in [-0.2, 0) is 6.18 Å². The first-order valence-corrected chi connectivity index (χ1v) is 5.92. The van der Waals surface area contributed by atoms with Gasteiger partial charge in [-0.1, -0.05) is 0 Å². The first-order valence-electron chi connectivity index (χ1n) is 5.92. The van der Waals surface area contributed by atoms with E-state index in [9.17, 15) is 22.4 Å². The van der Waals surface area contributed by atoms with E-state index in [-0.39, 0.29) is 17.0 Å². The number of rotatable bonds is 3. The molecule has 0 spiro atoms. The Kier molecular flexibility index (Phi) is 4.02. The summed E-state index contributed by atoms with van der Waals surface area (Å²) < 4.78 is 56.1. The minimum atomic E-state index is -4.54. The van der Waals surface area contributed by atoms with E-state index in [1.165, 1.54) is 31.2 Å². The van der Waals surface area contributed by atoms with Gasteiger partial charge in [0.1, 0.15) is 5.75 Å². The molecule has 0 saturated heterocycles. The number of halogens is 4. The molecule has 3 nitrogen and oxygen atoms in total. The largest absolute Gasteiger partial charge is 0.463 e. The van der Waals surface area contributed by atoms with E-state index in [1.807, 2.05) is 0 Å². The zero-order chi connectivity index (χ0) is 15.6. The molecule has 0 amide bonds. The summed E-state index contributed by atoms with van der Waals surface area (Å²) in [6, 6.07) is 6.42. The van der Waals surface area contributed by atoms with Crippen molar-refractivity contribution in [1.82, 2.24) is 4.57 Å². The second-order valence-corrected chi connectivity index (χ2v) is 4.32. The van der Waals surface area contributed by atoms with Gasteiger partial charge in [-0.15, -0.1) is 0 Å². The number of hydrogen-bond donors (Lipinski definition) is 0. The van der Waals surface area contributed by atoms with Gasteiger partial charge in [0.05, 0.1) is 5.56 Å². The summed E-state index contributed by atoms with van der Waals surface area (Å²) in [4.78, 5) is 11.8. The highest BCUT2D eigenvalue weighted by molar-refractivity contribution is 5.39. The molecule has 1 aromatic heterocycles. The SMILES string of the molecule is Cc1cc(=O)n(-c2ccc(OCF)cc2)cc1C(F)(F)F. The Morgan fingerprint density at radius 2 is 1.81 bits per heavy atom. The van der Waals surface area contributed by atoms with Gasteiger partial charge < -0.3 is 4.74 Å². The molecule has 0 radical (unpaired) electrons. The first kappa shape index (κ1) is 15.1. The predicted octanol–water partition coefficient (Wildman–Crippen LogP) is 3.47. The van der Waals surface area contributed by atoms with Crippen LogP contribution < -0.4 is 10.3 Å². The smallest absolute Gasteiger partial charge is 0.418 e. The summed E-state index contributed by atoms with van der Waals surface area (Å²) in [6.45, 7) is 0.217. The molecule has 112 valence electrons. The van der Waals surface area contributed by atoms with E-state index < -0.39 is 24.2 Å². The minimum Gasteiger partial charge on any atom is -0.463 e. The maximum atomic E-state index is 12.9. The Labute approximate surface area is 117 Å². The third-order valence-corrected chi connectivity index (χ3v) is 2.90. The van der Waals surface area contributed by atoms with Gasteiger partial charge in [0.2, 0.25) is 6.86 Å². The van der Waals surface area contributed by atoms with Crippen LogP contribution in [0.25, 0.3) is 5.69 Å². The van der Waals surface area contributed by atoms with Crippen LogP contribution in [0, 0.1) is 6.92 Å². The van der Waals surface area contributed by atoms with Gasteiger partial charge >= 0.3 is 6.18 Å². The monoisotopic (exact) mass is 301 g/mol. The summed E-state index contributed by atoms with van der Waals surface area (Å²) in [5, 5.41) is 0. The Balaban J connectivity index is 2.51. The molecule has 0 aliphatic heterocycles. The van der Waals surface area contributed by atoms with E-state index in [0.29, 0.717) is 0 Å². The Morgan fingerprint density at radius 3 is 2.33 bits per heavy atom. The van der Waals surface area contributed by atoms with Gasteiger partial charge in [-0.3, -0.25) is 9.36 Å². The van der Waals surface area contributed by atoms with Crippen LogP contribution in [-0.4, -0.2) is 11.4 Å². The van der Waals surface area contributed by atoms with Crippen LogP contribution in [0.1, 0.15) is 11.1 Å². The number of ether oxygens (including phenoxy) is 1. The zero-order valence-electron chi connectivity index (χ0n) is 10.9. The molecule has 0 atom stereocenters. The number of aromatic nitrogens is 1. The number of benzene rings is 1. The topological polar surface area (TPSA) is 31.2 Å². The normalized spacial score (nSPS) is 11.5. The molecule has 0 N–H and O–H groups in total. The molecule has 7 heteroatoms. The Morgan fingerprint density at radius 1 is 1.19 bits per heavy atom. The molecule has 1 heterocycles. The second-order valence-electron chi connectivity index (χ2n) is 4.32. The van der Waals surface area contributed by atoms with Gasteiger partial charge in [0, 0.05) is 18.0 Å². The van der Waals surface area contributed by atoms with Crippen LogP contribution in [0.4, 0.5) is 17.6 Å². The molecule has 1 aromatic carbocycles. The Hall–Kier alpha value is -2.31. The molecule has 2 rings (SSSR count). The van der Waals surface area contributed by atoms with E-state index in [0.717, 1.165) is 16.8 Å². The summed E-state index contributed by atoms with van der Waals surface area (Å²) in [7, 11) is 0. The average molecular weight is 301 g/mol. The molecular weight excluding hydrogens is 290 g/mol. The molecule has 0 fully saturated rings. The quantitative estimate of drug-likeness (QED) is 0.813. The highest BCUT2D eigenvalue weighted by atomic mass is 19.4. The Bertz CT molecular complexity index is 690. The second kappa shape index (κ2) is 5.59. The van der Waals surface area contributed by atoms with Crippen molar-refractivity contribution in [1.29, 1.82) is 0 Å². The summed E-state index contributed by atoms with van der Waals surface area (Å²) in [5.74, 6) is 0.220. The lowest BCUT2D eigenvalue weighted by Crippen LogP contribution is -2.21. The lowest BCUT2D eigenvalue weighted by molar-refractivity contribution is -0.138. The number of alkyl halides is 4. The van der Waals surface area contributed by atoms with Crippen LogP contribution in [0.15, 0.2) is 41.3 Å². The van der Waals surface area contributed by atoms with E-state index in [1.54, 1.807) is 0 Å². The number of hydrogen-bond acceptors (Lipinski definition) is 2. The standard InChI is InChI=1S/C14H11F4NO2/c1-9-6-13(20)19(7-12(9)14(16,17)18)10-2-4-11(5-3-10)21-8-15/h2-7H,8H2,1H3. The molecular formula is C14H11F4NO2. The van der Waals surface area contributed by atoms with Gasteiger partial charge in [-0.25, -0.2) is 4.39 Å². The molecule has 0 aliphatic rings. The fraction of sp³-hybridized carbons (Fsp3) is 0.214. The highest BCUT2D eigenvalue weighted by Gasteiger charge is 2.33. The van der Waals surface area contributed by atoms with Gasteiger partial charge in [-0.05, 0) is 36.8 Å². The molecule has 0 bridgehead atoms. The highest BCUT2D eigenvalue weighted by Crippen LogP contribution is 2.31.